The summed E-state index contributed by atoms with van der Waals surface area (Å²) in [5, 5.41) is 0. The molecule has 0 aliphatic carbocycles. The van der Waals surface area contributed by atoms with Gasteiger partial charge in [0, 0.05) is 37.8 Å². The number of nitrogens with zero attached hydrogens (tertiary/aromatic N) is 3. The van der Waals surface area contributed by atoms with Crippen LogP contribution in [-0.2, 0) is 6.54 Å². The second-order valence-corrected chi connectivity index (χ2v) is 7.91. The molecule has 4 rings (SSSR count). The average Bonchev–Trinajstić information content (AvgIpc) is 3.08. The summed E-state index contributed by atoms with van der Waals surface area (Å²) in [6.45, 7) is 10.0. The molecule has 1 fully saturated rings. The molecular weight excluding hydrogens is 364 g/mol. The van der Waals surface area contributed by atoms with Crippen molar-refractivity contribution in [2.45, 2.75) is 27.3 Å². The molecule has 6 heteroatoms. The van der Waals surface area contributed by atoms with Crippen molar-refractivity contribution in [2.24, 2.45) is 0 Å². The molecule has 1 N–H and O–H groups in total. The van der Waals surface area contributed by atoms with Crippen LogP contribution in [0.2, 0.25) is 0 Å². The Bertz CT molecular complexity index is 1030. The largest absolute Gasteiger partial charge is 0.497 e. The van der Waals surface area contributed by atoms with Crippen LogP contribution >= 0.6 is 0 Å². The maximum Gasteiger partial charge on any atom is 0.254 e. The Kier molecular flexibility index (Phi) is 5.28. The first-order chi connectivity index (χ1) is 13.9. The zero-order valence-corrected chi connectivity index (χ0v) is 17.6. The van der Waals surface area contributed by atoms with Gasteiger partial charge in [-0.1, -0.05) is 17.7 Å². The Balaban J connectivity index is 1.40. The lowest BCUT2D eigenvalue weighted by Gasteiger charge is -2.34. The van der Waals surface area contributed by atoms with Gasteiger partial charge in [-0.05, 0) is 44.0 Å². The van der Waals surface area contributed by atoms with E-state index in [2.05, 4.69) is 33.9 Å². The van der Waals surface area contributed by atoms with Crippen molar-refractivity contribution in [1.82, 2.24) is 19.8 Å². The Morgan fingerprint density at radius 2 is 1.76 bits per heavy atom. The molecule has 0 atom stereocenters. The molecule has 1 aliphatic rings. The molecule has 6 nitrogen and oxygen atoms in total. The highest BCUT2D eigenvalue weighted by Gasteiger charge is 2.25. The van der Waals surface area contributed by atoms with E-state index in [4.69, 9.17) is 4.74 Å². The number of benzene rings is 2. The molecule has 2 aromatic carbocycles. The van der Waals surface area contributed by atoms with Crippen molar-refractivity contribution in [3.8, 4) is 5.75 Å². The first kappa shape index (κ1) is 19.5. The lowest BCUT2D eigenvalue weighted by atomic mass is 9.98. The zero-order chi connectivity index (χ0) is 20.5. The molecule has 0 spiro atoms. The van der Waals surface area contributed by atoms with Crippen LogP contribution in [0.4, 0.5) is 0 Å². The van der Waals surface area contributed by atoms with Gasteiger partial charge >= 0.3 is 0 Å². The molecule has 29 heavy (non-hydrogen) atoms. The highest BCUT2D eigenvalue weighted by molar-refractivity contribution is 5.97. The molecule has 2 heterocycles. The molecule has 0 unspecified atom stereocenters. The van der Waals surface area contributed by atoms with Gasteiger partial charge in [0.1, 0.15) is 11.6 Å². The van der Waals surface area contributed by atoms with E-state index in [1.807, 2.05) is 36.9 Å². The number of amides is 1. The summed E-state index contributed by atoms with van der Waals surface area (Å²) < 4.78 is 5.28. The van der Waals surface area contributed by atoms with E-state index in [-0.39, 0.29) is 5.91 Å². The number of H-pyrrole nitrogens is 1. The summed E-state index contributed by atoms with van der Waals surface area (Å²) in [6, 6.07) is 10.0. The Morgan fingerprint density at radius 3 is 2.41 bits per heavy atom. The minimum Gasteiger partial charge on any atom is -0.497 e. The molecular formula is C23H28N4O2. The van der Waals surface area contributed by atoms with E-state index in [0.29, 0.717) is 0 Å². The number of ether oxygens (including phenoxy) is 1. The fourth-order valence-corrected chi connectivity index (χ4v) is 4.24. The van der Waals surface area contributed by atoms with Crippen molar-refractivity contribution >= 4 is 16.9 Å². The molecule has 152 valence electrons. The number of aromatic nitrogens is 2. The molecule has 0 saturated carbocycles. The van der Waals surface area contributed by atoms with Gasteiger partial charge in [-0.3, -0.25) is 9.69 Å². The SMILES string of the molecule is COc1ccc2nc(CN3CCN(C(=O)c4c(C)cc(C)cc4C)CC3)[nH]c2c1. The highest BCUT2D eigenvalue weighted by atomic mass is 16.5. The quantitative estimate of drug-likeness (QED) is 0.739. The predicted molar refractivity (Wildman–Crippen MR) is 114 cm³/mol. The van der Waals surface area contributed by atoms with Gasteiger partial charge < -0.3 is 14.6 Å². The minimum absolute atomic E-state index is 0.149. The number of hydrogen-bond acceptors (Lipinski definition) is 4. The van der Waals surface area contributed by atoms with Gasteiger partial charge in [0.05, 0.1) is 24.7 Å². The number of imidazole rings is 1. The Morgan fingerprint density at radius 1 is 1.07 bits per heavy atom. The minimum atomic E-state index is 0.149. The Hall–Kier alpha value is -2.86. The lowest BCUT2D eigenvalue weighted by Crippen LogP contribution is -2.48. The molecule has 3 aromatic rings. The summed E-state index contributed by atoms with van der Waals surface area (Å²) in [5.41, 5.74) is 6.11. The zero-order valence-electron chi connectivity index (χ0n) is 17.6. The first-order valence-electron chi connectivity index (χ1n) is 10.1. The second-order valence-electron chi connectivity index (χ2n) is 7.91. The van der Waals surface area contributed by atoms with E-state index in [1.54, 1.807) is 7.11 Å². The van der Waals surface area contributed by atoms with Gasteiger partial charge in [0.2, 0.25) is 0 Å². The number of hydrogen-bond donors (Lipinski definition) is 1. The topological polar surface area (TPSA) is 61.5 Å². The van der Waals surface area contributed by atoms with Crippen LogP contribution in [0, 0.1) is 20.8 Å². The number of rotatable bonds is 4. The number of aryl methyl sites for hydroxylation is 3. The summed E-state index contributed by atoms with van der Waals surface area (Å²) in [5.74, 6) is 1.91. The standard InChI is InChI=1S/C23H28N4O2/c1-15-11-16(2)22(17(3)12-15)23(28)27-9-7-26(8-10-27)14-21-24-19-6-5-18(29-4)13-20(19)25-21/h5-6,11-13H,7-10,14H2,1-4H3,(H,24,25). The van der Waals surface area contributed by atoms with Crippen LogP contribution in [0.25, 0.3) is 11.0 Å². The predicted octanol–water partition coefficient (Wildman–Crippen LogP) is 3.45. The van der Waals surface area contributed by atoms with Crippen LogP contribution in [0.15, 0.2) is 30.3 Å². The third-order valence-electron chi connectivity index (χ3n) is 5.66. The van der Waals surface area contributed by atoms with Crippen molar-refractivity contribution in [1.29, 1.82) is 0 Å². The van der Waals surface area contributed by atoms with Crippen LogP contribution in [0.3, 0.4) is 0 Å². The molecule has 1 saturated heterocycles. The molecule has 0 radical (unpaired) electrons. The number of aromatic amines is 1. The van der Waals surface area contributed by atoms with Crippen LogP contribution in [0.5, 0.6) is 5.75 Å². The van der Waals surface area contributed by atoms with Crippen molar-refractivity contribution < 1.29 is 9.53 Å². The summed E-state index contributed by atoms with van der Waals surface area (Å²) in [7, 11) is 1.67. The summed E-state index contributed by atoms with van der Waals surface area (Å²) in [6.07, 6.45) is 0. The number of piperazine rings is 1. The number of nitrogens with one attached hydrogen (secondary N) is 1. The summed E-state index contributed by atoms with van der Waals surface area (Å²) >= 11 is 0. The van der Waals surface area contributed by atoms with Crippen LogP contribution in [-0.4, -0.2) is 59.0 Å². The lowest BCUT2D eigenvalue weighted by molar-refractivity contribution is 0.0624. The maximum absolute atomic E-state index is 13.1. The van der Waals surface area contributed by atoms with Gasteiger partial charge in [0.15, 0.2) is 0 Å². The Labute approximate surface area is 171 Å². The van der Waals surface area contributed by atoms with E-state index in [9.17, 15) is 4.79 Å². The molecule has 1 amide bonds. The van der Waals surface area contributed by atoms with Crippen molar-refractivity contribution in [3.05, 3.63) is 58.4 Å². The van der Waals surface area contributed by atoms with Crippen LogP contribution in [0.1, 0.15) is 32.9 Å². The fraction of sp³-hybridized carbons (Fsp3) is 0.391. The molecule has 1 aliphatic heterocycles. The summed E-state index contributed by atoms with van der Waals surface area (Å²) in [4.78, 5) is 25.5. The second kappa shape index (κ2) is 7.87. The average molecular weight is 393 g/mol. The molecule has 0 bridgehead atoms. The smallest absolute Gasteiger partial charge is 0.254 e. The number of methoxy groups -OCH3 is 1. The number of carbonyl (C=O) groups is 1. The molecule has 1 aromatic heterocycles. The van der Waals surface area contributed by atoms with E-state index >= 15 is 0 Å². The van der Waals surface area contributed by atoms with Gasteiger partial charge in [0.25, 0.3) is 5.91 Å². The monoisotopic (exact) mass is 392 g/mol. The van der Waals surface area contributed by atoms with Crippen molar-refractivity contribution in [3.63, 3.8) is 0 Å². The van der Waals surface area contributed by atoms with E-state index in [1.165, 1.54) is 5.56 Å². The fourth-order valence-electron chi connectivity index (χ4n) is 4.24. The van der Waals surface area contributed by atoms with Gasteiger partial charge in [-0.25, -0.2) is 4.98 Å². The normalized spacial score (nSPS) is 15.1. The van der Waals surface area contributed by atoms with E-state index in [0.717, 1.165) is 72.0 Å². The van der Waals surface area contributed by atoms with E-state index < -0.39 is 0 Å². The third-order valence-corrected chi connectivity index (χ3v) is 5.66. The number of carbonyl (C=O) groups excluding carboxylic acids is 1. The van der Waals surface area contributed by atoms with Crippen LogP contribution < -0.4 is 4.74 Å². The van der Waals surface area contributed by atoms with Crippen molar-refractivity contribution in [2.75, 3.05) is 33.3 Å². The first-order valence-corrected chi connectivity index (χ1v) is 10.1. The number of fused-ring (bicyclic) bond motifs is 1. The van der Waals surface area contributed by atoms with Gasteiger partial charge in [-0.15, -0.1) is 0 Å². The maximum atomic E-state index is 13.1. The highest BCUT2D eigenvalue weighted by Crippen LogP contribution is 2.21. The third kappa shape index (κ3) is 3.98. The van der Waals surface area contributed by atoms with Gasteiger partial charge in [-0.2, -0.15) is 0 Å².